The number of rotatable bonds is 4. The van der Waals surface area contributed by atoms with Crippen LogP contribution in [0.3, 0.4) is 0 Å². The highest BCUT2D eigenvalue weighted by Crippen LogP contribution is 2.45. The number of nitriles is 1. The van der Waals surface area contributed by atoms with Crippen molar-refractivity contribution >= 4 is 5.69 Å². The van der Waals surface area contributed by atoms with E-state index in [1.54, 1.807) is 6.07 Å². The van der Waals surface area contributed by atoms with Crippen LogP contribution in [-0.4, -0.2) is 52.1 Å². The number of halogens is 1. The lowest BCUT2D eigenvalue weighted by Crippen LogP contribution is -2.58. The molecule has 1 unspecified atom stereocenters. The van der Waals surface area contributed by atoms with Crippen LogP contribution in [0.5, 0.6) is 0 Å². The van der Waals surface area contributed by atoms with Crippen LogP contribution in [0, 0.1) is 22.6 Å². The van der Waals surface area contributed by atoms with Crippen LogP contribution in [0.4, 0.5) is 10.1 Å². The Morgan fingerprint density at radius 3 is 2.68 bits per heavy atom. The molecule has 5 rings (SSSR count). The van der Waals surface area contributed by atoms with E-state index in [0.29, 0.717) is 5.41 Å². The molecule has 162 valence electrons. The minimum absolute atomic E-state index is 0.0771. The Balaban J connectivity index is 1.45. The van der Waals surface area contributed by atoms with Gasteiger partial charge in [0.1, 0.15) is 11.9 Å². The van der Waals surface area contributed by atoms with E-state index in [-0.39, 0.29) is 11.7 Å². The number of hydrogen-bond acceptors (Lipinski definition) is 5. The van der Waals surface area contributed by atoms with Gasteiger partial charge in [-0.15, -0.1) is 0 Å². The van der Waals surface area contributed by atoms with Crippen molar-refractivity contribution in [2.45, 2.75) is 25.4 Å². The fourth-order valence-corrected chi connectivity index (χ4v) is 5.06. The zero-order valence-corrected chi connectivity index (χ0v) is 17.7. The molecule has 2 aromatic carbocycles. The van der Waals surface area contributed by atoms with E-state index in [2.05, 4.69) is 28.4 Å². The highest BCUT2D eigenvalue weighted by atomic mass is 19.1. The molecular formula is C25H28FN3O2. The molecule has 1 N–H and O–H groups in total. The predicted octanol–water partition coefficient (Wildman–Crippen LogP) is 3.51. The van der Waals surface area contributed by atoms with E-state index in [4.69, 9.17) is 14.7 Å². The van der Waals surface area contributed by atoms with E-state index < -0.39 is 5.82 Å². The highest BCUT2D eigenvalue weighted by molar-refractivity contribution is 5.80. The fourth-order valence-electron chi connectivity index (χ4n) is 5.06. The number of nitrogens with one attached hydrogen (secondary N) is 1. The van der Waals surface area contributed by atoms with Gasteiger partial charge < -0.3 is 19.7 Å². The standard InChI is InChI=1S/C25H28FN3O2/c26-23-13-19(2-3-20(23)14-27)22-12-18(11-21-15-28-7-10-31-21)1-4-24(22)29-16-25(17-29)5-8-30-9-6-25/h1-4,12-13,21,28H,5-11,15-17H2. The van der Waals surface area contributed by atoms with Crippen LogP contribution in [0.15, 0.2) is 36.4 Å². The lowest BCUT2D eigenvalue weighted by molar-refractivity contribution is -0.000156. The first-order chi connectivity index (χ1) is 15.2. The van der Waals surface area contributed by atoms with Gasteiger partial charge in [-0.3, -0.25) is 0 Å². The van der Waals surface area contributed by atoms with Gasteiger partial charge >= 0.3 is 0 Å². The molecule has 3 heterocycles. The largest absolute Gasteiger partial charge is 0.381 e. The van der Waals surface area contributed by atoms with Gasteiger partial charge in [0, 0.05) is 56.1 Å². The molecule has 1 spiro atoms. The second-order valence-corrected chi connectivity index (χ2v) is 9.03. The zero-order chi connectivity index (χ0) is 21.3. The van der Waals surface area contributed by atoms with Crippen molar-refractivity contribution < 1.29 is 13.9 Å². The minimum atomic E-state index is -0.472. The highest BCUT2D eigenvalue weighted by Gasteiger charge is 2.44. The van der Waals surface area contributed by atoms with E-state index in [1.165, 1.54) is 11.6 Å². The molecule has 0 aliphatic carbocycles. The normalized spacial score (nSPS) is 22.7. The first-order valence-corrected chi connectivity index (χ1v) is 11.1. The van der Waals surface area contributed by atoms with Gasteiger partial charge in [0.2, 0.25) is 0 Å². The SMILES string of the molecule is N#Cc1ccc(-c2cc(CC3CNCCO3)ccc2N2CC3(CCOCC3)C2)cc1F. The third kappa shape index (κ3) is 4.18. The summed E-state index contributed by atoms with van der Waals surface area (Å²) in [6, 6.07) is 13.3. The van der Waals surface area contributed by atoms with Gasteiger partial charge in [0.05, 0.1) is 18.3 Å². The molecule has 3 fully saturated rings. The van der Waals surface area contributed by atoms with Crippen LogP contribution in [0.2, 0.25) is 0 Å². The van der Waals surface area contributed by atoms with Gasteiger partial charge in [-0.05, 0) is 54.7 Å². The van der Waals surface area contributed by atoms with Crippen molar-refractivity contribution in [3.05, 3.63) is 53.3 Å². The van der Waals surface area contributed by atoms with Crippen molar-refractivity contribution in [3.63, 3.8) is 0 Å². The van der Waals surface area contributed by atoms with Crippen molar-refractivity contribution in [3.8, 4) is 17.2 Å². The summed E-state index contributed by atoms with van der Waals surface area (Å²) >= 11 is 0. The molecule has 3 aliphatic heterocycles. The second kappa shape index (κ2) is 8.58. The summed E-state index contributed by atoms with van der Waals surface area (Å²) in [5, 5.41) is 12.5. The molecule has 0 aromatic heterocycles. The quantitative estimate of drug-likeness (QED) is 0.819. The first kappa shape index (κ1) is 20.4. The molecule has 0 bridgehead atoms. The lowest BCUT2D eigenvalue weighted by Gasteiger charge is -2.53. The summed E-state index contributed by atoms with van der Waals surface area (Å²) < 4.78 is 25.9. The third-order valence-electron chi connectivity index (χ3n) is 6.88. The predicted molar refractivity (Wildman–Crippen MR) is 118 cm³/mol. The van der Waals surface area contributed by atoms with Crippen LogP contribution < -0.4 is 10.2 Å². The molecule has 6 heteroatoms. The Hall–Kier alpha value is -2.46. The van der Waals surface area contributed by atoms with Crippen molar-refractivity contribution in [1.29, 1.82) is 5.26 Å². The number of benzene rings is 2. The maximum absolute atomic E-state index is 14.4. The molecule has 0 radical (unpaired) electrons. The Bertz CT molecular complexity index is 983. The molecule has 1 atom stereocenters. The maximum atomic E-state index is 14.4. The minimum Gasteiger partial charge on any atom is -0.381 e. The van der Waals surface area contributed by atoms with Gasteiger partial charge in [-0.25, -0.2) is 4.39 Å². The summed E-state index contributed by atoms with van der Waals surface area (Å²) in [4.78, 5) is 2.40. The summed E-state index contributed by atoms with van der Waals surface area (Å²) in [5.41, 5.74) is 4.57. The van der Waals surface area contributed by atoms with E-state index >= 15 is 0 Å². The molecular weight excluding hydrogens is 393 g/mol. The van der Waals surface area contributed by atoms with Gasteiger partial charge in [-0.2, -0.15) is 5.26 Å². The summed E-state index contributed by atoms with van der Waals surface area (Å²) in [7, 11) is 0. The van der Waals surface area contributed by atoms with Crippen LogP contribution >= 0.6 is 0 Å². The lowest BCUT2D eigenvalue weighted by atomic mass is 9.73. The van der Waals surface area contributed by atoms with E-state index in [9.17, 15) is 4.39 Å². The van der Waals surface area contributed by atoms with Crippen molar-refractivity contribution in [2.24, 2.45) is 5.41 Å². The summed E-state index contributed by atoms with van der Waals surface area (Å²) in [6.07, 6.45) is 3.18. The Kier molecular flexibility index (Phi) is 5.66. The number of morpholine rings is 1. The molecule has 0 saturated carbocycles. The van der Waals surface area contributed by atoms with Crippen LogP contribution in [-0.2, 0) is 15.9 Å². The average Bonchev–Trinajstić information content (AvgIpc) is 2.79. The topological polar surface area (TPSA) is 57.5 Å². The van der Waals surface area contributed by atoms with Crippen molar-refractivity contribution in [2.75, 3.05) is 50.9 Å². The van der Waals surface area contributed by atoms with Gasteiger partial charge in [-0.1, -0.05) is 12.1 Å². The molecule has 2 aromatic rings. The first-order valence-electron chi connectivity index (χ1n) is 11.1. The molecule has 3 aliphatic rings. The smallest absolute Gasteiger partial charge is 0.141 e. The number of hydrogen-bond donors (Lipinski definition) is 1. The summed E-state index contributed by atoms with van der Waals surface area (Å²) in [6.45, 7) is 6.18. The zero-order valence-electron chi connectivity index (χ0n) is 17.7. The average molecular weight is 422 g/mol. The van der Waals surface area contributed by atoms with Gasteiger partial charge in [0.15, 0.2) is 0 Å². The Labute approximate surface area is 182 Å². The molecule has 31 heavy (non-hydrogen) atoms. The molecule has 5 nitrogen and oxygen atoms in total. The Morgan fingerprint density at radius 1 is 1.13 bits per heavy atom. The maximum Gasteiger partial charge on any atom is 0.141 e. The van der Waals surface area contributed by atoms with Gasteiger partial charge in [0.25, 0.3) is 0 Å². The van der Waals surface area contributed by atoms with Crippen molar-refractivity contribution in [1.82, 2.24) is 5.32 Å². The second-order valence-electron chi connectivity index (χ2n) is 9.03. The number of nitrogens with zero attached hydrogens (tertiary/aromatic N) is 2. The number of anilines is 1. The molecule has 0 amide bonds. The Morgan fingerprint density at radius 2 is 1.97 bits per heavy atom. The van der Waals surface area contributed by atoms with Crippen LogP contribution in [0.1, 0.15) is 24.0 Å². The van der Waals surface area contributed by atoms with E-state index in [1.807, 2.05) is 12.1 Å². The third-order valence-corrected chi connectivity index (χ3v) is 6.88. The summed E-state index contributed by atoms with van der Waals surface area (Å²) in [5.74, 6) is -0.472. The molecule has 3 saturated heterocycles. The van der Waals surface area contributed by atoms with Crippen LogP contribution in [0.25, 0.3) is 11.1 Å². The number of ether oxygens (including phenoxy) is 2. The fraction of sp³-hybridized carbons (Fsp3) is 0.480. The monoisotopic (exact) mass is 421 g/mol. The van der Waals surface area contributed by atoms with E-state index in [0.717, 1.165) is 82.1 Å².